The second kappa shape index (κ2) is 12.6. The van der Waals surface area contributed by atoms with Gasteiger partial charge in [0.05, 0.1) is 6.61 Å². The Kier molecular flexibility index (Phi) is 9.30. The Bertz CT molecular complexity index is 1010. The van der Waals surface area contributed by atoms with Crippen molar-refractivity contribution in [2.45, 2.75) is 12.6 Å². The minimum Gasteiger partial charge on any atom is -0.484 e. The van der Waals surface area contributed by atoms with Gasteiger partial charge in [0.1, 0.15) is 11.8 Å². The van der Waals surface area contributed by atoms with E-state index in [4.69, 9.17) is 21.1 Å². The molecule has 1 N–H and O–H groups in total. The van der Waals surface area contributed by atoms with Crippen molar-refractivity contribution in [1.29, 1.82) is 0 Å². The summed E-state index contributed by atoms with van der Waals surface area (Å²) in [5, 5.41) is 3.46. The van der Waals surface area contributed by atoms with Crippen molar-refractivity contribution in [3.63, 3.8) is 0 Å². The van der Waals surface area contributed by atoms with Gasteiger partial charge in [-0.1, -0.05) is 72.3 Å². The molecule has 6 nitrogen and oxygen atoms in total. The third-order valence-corrected chi connectivity index (χ3v) is 5.22. The zero-order valence-electron chi connectivity index (χ0n) is 18.4. The molecule has 3 aromatic rings. The number of halogens is 1. The number of methoxy groups -OCH3 is 1. The fourth-order valence-corrected chi connectivity index (χ4v) is 3.46. The first-order valence-electron chi connectivity index (χ1n) is 10.6. The number of benzene rings is 3. The number of para-hydroxylation sites is 1. The molecular weight excluding hydrogens is 440 g/mol. The quantitative estimate of drug-likeness (QED) is 0.429. The van der Waals surface area contributed by atoms with Crippen LogP contribution in [0.2, 0.25) is 5.02 Å². The summed E-state index contributed by atoms with van der Waals surface area (Å²) in [6, 6.07) is 24.7. The summed E-state index contributed by atoms with van der Waals surface area (Å²) in [5.74, 6) is -0.0251. The first-order valence-corrected chi connectivity index (χ1v) is 11.0. The molecule has 0 aliphatic carbocycles. The first kappa shape index (κ1) is 24.3. The zero-order valence-corrected chi connectivity index (χ0v) is 19.2. The largest absolute Gasteiger partial charge is 0.484 e. The third-order valence-electron chi connectivity index (χ3n) is 4.97. The summed E-state index contributed by atoms with van der Waals surface area (Å²) in [4.78, 5) is 28.2. The number of rotatable bonds is 11. The van der Waals surface area contributed by atoms with Crippen molar-refractivity contribution in [2.75, 3.05) is 26.9 Å². The summed E-state index contributed by atoms with van der Waals surface area (Å²) in [6.45, 7) is 0.718. The summed E-state index contributed by atoms with van der Waals surface area (Å²) < 4.78 is 10.8. The molecule has 0 aliphatic heterocycles. The van der Waals surface area contributed by atoms with Gasteiger partial charge in [0.25, 0.3) is 5.91 Å². The van der Waals surface area contributed by atoms with E-state index in [0.29, 0.717) is 29.5 Å². The maximum absolute atomic E-state index is 13.4. The van der Waals surface area contributed by atoms with Crippen LogP contribution in [0.25, 0.3) is 0 Å². The lowest BCUT2D eigenvalue weighted by Gasteiger charge is -2.31. The van der Waals surface area contributed by atoms with Crippen LogP contribution >= 0.6 is 11.6 Å². The number of carbonyl (C=O) groups is 2. The SMILES string of the molecule is COCCNC(=O)[C@H](c1ccccc1)N(Cc1ccc(Cl)cc1)C(=O)COc1ccccc1. The molecule has 3 aromatic carbocycles. The molecule has 0 saturated carbocycles. The van der Waals surface area contributed by atoms with E-state index in [1.807, 2.05) is 60.7 Å². The predicted octanol–water partition coefficient (Wildman–Crippen LogP) is 4.25. The Morgan fingerprint density at radius 3 is 2.21 bits per heavy atom. The van der Waals surface area contributed by atoms with Gasteiger partial charge < -0.3 is 19.7 Å². The van der Waals surface area contributed by atoms with Crippen LogP contribution in [0.4, 0.5) is 0 Å². The van der Waals surface area contributed by atoms with Crippen LogP contribution in [0.5, 0.6) is 5.75 Å². The fraction of sp³-hybridized carbons (Fsp3) is 0.231. The van der Waals surface area contributed by atoms with E-state index in [-0.39, 0.29) is 25.0 Å². The normalized spacial score (nSPS) is 11.5. The third kappa shape index (κ3) is 7.34. The van der Waals surface area contributed by atoms with Gasteiger partial charge in [-0.05, 0) is 35.4 Å². The smallest absolute Gasteiger partial charge is 0.261 e. The van der Waals surface area contributed by atoms with E-state index in [2.05, 4.69) is 5.32 Å². The minimum atomic E-state index is -0.842. The zero-order chi connectivity index (χ0) is 23.5. The summed E-state index contributed by atoms with van der Waals surface area (Å²) in [6.07, 6.45) is 0. The topological polar surface area (TPSA) is 67.9 Å². The van der Waals surface area contributed by atoms with Gasteiger partial charge in [-0.2, -0.15) is 0 Å². The van der Waals surface area contributed by atoms with Crippen molar-refractivity contribution in [1.82, 2.24) is 10.2 Å². The molecule has 0 heterocycles. The van der Waals surface area contributed by atoms with Crippen LogP contribution < -0.4 is 10.1 Å². The molecule has 2 amide bonds. The molecule has 33 heavy (non-hydrogen) atoms. The maximum atomic E-state index is 13.4. The highest BCUT2D eigenvalue weighted by atomic mass is 35.5. The lowest BCUT2D eigenvalue weighted by atomic mass is 10.0. The summed E-state index contributed by atoms with van der Waals surface area (Å²) in [7, 11) is 1.57. The van der Waals surface area contributed by atoms with Crippen molar-refractivity contribution in [3.8, 4) is 5.75 Å². The second-order valence-electron chi connectivity index (χ2n) is 7.35. The standard InChI is InChI=1S/C26H27ClN2O4/c1-32-17-16-28-26(31)25(21-8-4-2-5-9-21)29(18-20-12-14-22(27)15-13-20)24(30)19-33-23-10-6-3-7-11-23/h2-15,25H,16-19H2,1H3,(H,28,31)/t25-/m0/s1. The van der Waals surface area contributed by atoms with Crippen LogP contribution in [-0.2, 0) is 20.9 Å². The highest BCUT2D eigenvalue weighted by Gasteiger charge is 2.31. The molecule has 7 heteroatoms. The van der Waals surface area contributed by atoms with Gasteiger partial charge in [-0.15, -0.1) is 0 Å². The Labute approximate surface area is 199 Å². The van der Waals surface area contributed by atoms with Crippen molar-refractivity contribution in [2.24, 2.45) is 0 Å². The van der Waals surface area contributed by atoms with Crippen molar-refractivity contribution in [3.05, 3.63) is 101 Å². The lowest BCUT2D eigenvalue weighted by Crippen LogP contribution is -2.45. The van der Waals surface area contributed by atoms with Gasteiger partial charge in [0, 0.05) is 25.2 Å². The van der Waals surface area contributed by atoms with Gasteiger partial charge >= 0.3 is 0 Å². The number of nitrogens with zero attached hydrogens (tertiary/aromatic N) is 1. The molecule has 0 radical (unpaired) electrons. The Morgan fingerprint density at radius 1 is 0.939 bits per heavy atom. The maximum Gasteiger partial charge on any atom is 0.261 e. The lowest BCUT2D eigenvalue weighted by molar-refractivity contribution is -0.143. The molecule has 0 fully saturated rings. The number of ether oxygens (including phenoxy) is 2. The van der Waals surface area contributed by atoms with Crippen LogP contribution in [0, 0.1) is 0 Å². The van der Waals surface area contributed by atoms with E-state index in [9.17, 15) is 9.59 Å². The molecule has 0 aromatic heterocycles. The predicted molar refractivity (Wildman–Crippen MR) is 128 cm³/mol. The van der Waals surface area contributed by atoms with E-state index in [1.54, 1.807) is 31.4 Å². The molecule has 0 bridgehead atoms. The minimum absolute atomic E-state index is 0.202. The molecule has 0 aliphatic rings. The average molecular weight is 467 g/mol. The first-order chi connectivity index (χ1) is 16.1. The molecule has 1 atom stereocenters. The van der Waals surface area contributed by atoms with Crippen LogP contribution in [0.1, 0.15) is 17.2 Å². The van der Waals surface area contributed by atoms with E-state index in [0.717, 1.165) is 5.56 Å². The Balaban J connectivity index is 1.90. The Morgan fingerprint density at radius 2 is 1.58 bits per heavy atom. The van der Waals surface area contributed by atoms with Gasteiger partial charge in [-0.3, -0.25) is 9.59 Å². The molecule has 0 saturated heterocycles. The second-order valence-corrected chi connectivity index (χ2v) is 7.78. The molecule has 3 rings (SSSR count). The number of amides is 2. The number of nitrogens with one attached hydrogen (secondary N) is 1. The van der Waals surface area contributed by atoms with Gasteiger partial charge in [-0.25, -0.2) is 0 Å². The van der Waals surface area contributed by atoms with Gasteiger partial charge in [0.15, 0.2) is 6.61 Å². The van der Waals surface area contributed by atoms with Crippen molar-refractivity contribution < 1.29 is 19.1 Å². The monoisotopic (exact) mass is 466 g/mol. The average Bonchev–Trinajstić information content (AvgIpc) is 2.85. The highest BCUT2D eigenvalue weighted by molar-refractivity contribution is 6.30. The molecule has 0 spiro atoms. The van der Waals surface area contributed by atoms with Crippen LogP contribution in [0.15, 0.2) is 84.9 Å². The van der Waals surface area contributed by atoms with E-state index >= 15 is 0 Å². The molecule has 0 unspecified atom stereocenters. The highest BCUT2D eigenvalue weighted by Crippen LogP contribution is 2.25. The number of hydrogen-bond donors (Lipinski definition) is 1. The van der Waals surface area contributed by atoms with E-state index < -0.39 is 6.04 Å². The van der Waals surface area contributed by atoms with E-state index in [1.165, 1.54) is 4.90 Å². The van der Waals surface area contributed by atoms with Crippen LogP contribution in [0.3, 0.4) is 0 Å². The fourth-order valence-electron chi connectivity index (χ4n) is 3.34. The summed E-state index contributed by atoms with van der Waals surface area (Å²) in [5.41, 5.74) is 1.55. The van der Waals surface area contributed by atoms with Crippen LogP contribution in [-0.4, -0.2) is 43.6 Å². The molecule has 172 valence electrons. The van der Waals surface area contributed by atoms with Gasteiger partial charge in [0.2, 0.25) is 5.91 Å². The molecular formula is C26H27ClN2O4. The number of hydrogen-bond acceptors (Lipinski definition) is 4. The van der Waals surface area contributed by atoms with Crippen molar-refractivity contribution >= 4 is 23.4 Å². The summed E-state index contributed by atoms with van der Waals surface area (Å²) >= 11 is 6.03. The Hall–Kier alpha value is -3.35. The number of carbonyl (C=O) groups excluding carboxylic acids is 2.